The van der Waals surface area contributed by atoms with Crippen LogP contribution in [0.1, 0.15) is 31.7 Å². The van der Waals surface area contributed by atoms with Crippen LogP contribution in [0.25, 0.3) is 0 Å². The van der Waals surface area contributed by atoms with Crippen molar-refractivity contribution >= 4 is 17.5 Å². The van der Waals surface area contributed by atoms with Crippen molar-refractivity contribution in [3.8, 4) is 0 Å². The fraction of sp³-hybridized carbons (Fsp3) is 0.474. The Balaban J connectivity index is 1.68. The van der Waals surface area contributed by atoms with Gasteiger partial charge in [-0.05, 0) is 18.9 Å². The summed E-state index contributed by atoms with van der Waals surface area (Å²) >= 11 is 0. The van der Waals surface area contributed by atoms with Crippen LogP contribution in [-0.2, 0) is 15.2 Å². The van der Waals surface area contributed by atoms with E-state index in [4.69, 9.17) is 0 Å². The van der Waals surface area contributed by atoms with E-state index in [2.05, 4.69) is 5.32 Å². The van der Waals surface area contributed by atoms with Crippen LogP contribution in [0.5, 0.6) is 0 Å². The zero-order valence-corrected chi connectivity index (χ0v) is 14.3. The predicted molar refractivity (Wildman–Crippen MR) is 93.7 cm³/mol. The van der Waals surface area contributed by atoms with Crippen LogP contribution in [0.2, 0.25) is 0 Å². The number of carbonyl (C=O) groups excluding carboxylic acids is 2. The smallest absolute Gasteiger partial charge is 0.261 e. The quantitative estimate of drug-likeness (QED) is 0.704. The molecule has 25 heavy (non-hydrogen) atoms. The molecule has 1 aromatic carbocycles. The lowest BCUT2D eigenvalue weighted by molar-refractivity contribution is -0.137. The van der Waals surface area contributed by atoms with E-state index in [0.29, 0.717) is 17.8 Å². The van der Waals surface area contributed by atoms with Crippen LogP contribution in [-0.4, -0.2) is 46.1 Å². The summed E-state index contributed by atoms with van der Waals surface area (Å²) in [6.07, 6.45) is 5.35. The van der Waals surface area contributed by atoms with Gasteiger partial charge in [-0.25, -0.2) is 0 Å². The summed E-state index contributed by atoms with van der Waals surface area (Å²) in [5, 5.41) is 23.0. The summed E-state index contributed by atoms with van der Waals surface area (Å²) in [7, 11) is 0. The molecule has 0 spiro atoms. The van der Waals surface area contributed by atoms with Gasteiger partial charge in [-0.15, -0.1) is 0 Å². The Kier molecular flexibility index (Phi) is 4.92. The highest BCUT2D eigenvalue weighted by Gasteiger charge is 2.48. The molecule has 2 aliphatic rings. The standard InChI is InChI=1S/C19H24N2O4/c1-13(6-4-10-17(23)21-11-5-7-14(21)12-22)19(25)15-8-2-3-9-16(15)20-18(19)24/h2-4,6,8-9,13-14,22,25H,5,7,10-12H2,1H3,(H,20,24)/b6-4+/t13-,14+,19+/m1/s1. The Morgan fingerprint density at radius 1 is 1.48 bits per heavy atom. The van der Waals surface area contributed by atoms with E-state index >= 15 is 0 Å². The van der Waals surface area contributed by atoms with E-state index in [1.54, 1.807) is 48.2 Å². The van der Waals surface area contributed by atoms with Crippen LogP contribution in [0.3, 0.4) is 0 Å². The molecule has 0 aliphatic carbocycles. The number of carbonyl (C=O) groups is 2. The Hall–Kier alpha value is -2.18. The van der Waals surface area contributed by atoms with Gasteiger partial charge in [-0.2, -0.15) is 0 Å². The van der Waals surface area contributed by atoms with Crippen molar-refractivity contribution in [3.05, 3.63) is 42.0 Å². The first-order chi connectivity index (χ1) is 12.0. The largest absolute Gasteiger partial charge is 0.394 e. The number of nitrogens with one attached hydrogen (secondary N) is 1. The molecule has 3 rings (SSSR count). The van der Waals surface area contributed by atoms with Gasteiger partial charge in [0.15, 0.2) is 5.60 Å². The van der Waals surface area contributed by atoms with Crippen LogP contribution in [0, 0.1) is 5.92 Å². The molecule has 0 radical (unpaired) electrons. The fourth-order valence-corrected chi connectivity index (χ4v) is 3.70. The molecule has 3 N–H and O–H groups in total. The van der Waals surface area contributed by atoms with Gasteiger partial charge < -0.3 is 20.4 Å². The molecule has 2 aliphatic heterocycles. The van der Waals surface area contributed by atoms with Gasteiger partial charge in [-0.1, -0.05) is 37.3 Å². The first kappa shape index (κ1) is 17.6. The number of anilines is 1. The summed E-state index contributed by atoms with van der Waals surface area (Å²) in [5.41, 5.74) is -0.449. The summed E-state index contributed by atoms with van der Waals surface area (Å²) in [6, 6.07) is 6.99. The Morgan fingerprint density at radius 2 is 2.24 bits per heavy atom. The highest BCUT2D eigenvalue weighted by Crippen LogP contribution is 2.41. The third-order valence-corrected chi connectivity index (χ3v) is 5.22. The van der Waals surface area contributed by atoms with Gasteiger partial charge >= 0.3 is 0 Å². The second kappa shape index (κ2) is 6.98. The van der Waals surface area contributed by atoms with Crippen molar-refractivity contribution in [2.75, 3.05) is 18.5 Å². The molecular formula is C19H24N2O4. The number of rotatable bonds is 5. The minimum absolute atomic E-state index is 0.0113. The second-order valence-corrected chi connectivity index (χ2v) is 6.75. The van der Waals surface area contributed by atoms with E-state index in [0.717, 1.165) is 12.8 Å². The van der Waals surface area contributed by atoms with Gasteiger partial charge in [0.2, 0.25) is 5.91 Å². The van der Waals surface area contributed by atoms with Gasteiger partial charge in [0, 0.05) is 30.1 Å². The highest BCUT2D eigenvalue weighted by atomic mass is 16.3. The van der Waals surface area contributed by atoms with Crippen LogP contribution < -0.4 is 5.32 Å². The zero-order chi connectivity index (χ0) is 18.0. The number of nitrogens with zero attached hydrogens (tertiary/aromatic N) is 1. The number of hydrogen-bond donors (Lipinski definition) is 3. The van der Waals surface area contributed by atoms with Crippen LogP contribution in [0.4, 0.5) is 5.69 Å². The van der Waals surface area contributed by atoms with Crippen molar-refractivity contribution in [2.24, 2.45) is 5.92 Å². The average molecular weight is 344 g/mol. The molecule has 134 valence electrons. The van der Waals surface area contributed by atoms with Crippen LogP contribution in [0.15, 0.2) is 36.4 Å². The summed E-state index contributed by atoms with van der Waals surface area (Å²) < 4.78 is 0. The predicted octanol–water partition coefficient (Wildman–Crippen LogP) is 1.39. The first-order valence-electron chi connectivity index (χ1n) is 8.68. The number of likely N-dealkylation sites (tertiary alicyclic amines) is 1. The molecule has 1 saturated heterocycles. The van der Waals surface area contributed by atoms with Gasteiger partial charge in [-0.3, -0.25) is 9.59 Å². The molecule has 2 heterocycles. The molecule has 6 nitrogen and oxygen atoms in total. The fourth-order valence-electron chi connectivity index (χ4n) is 3.70. The zero-order valence-electron chi connectivity index (χ0n) is 14.3. The molecule has 2 amide bonds. The normalized spacial score (nSPS) is 26.8. The van der Waals surface area contributed by atoms with Crippen LogP contribution >= 0.6 is 0 Å². The summed E-state index contributed by atoms with van der Waals surface area (Å²) in [4.78, 5) is 26.3. The average Bonchev–Trinajstić information content (AvgIpc) is 3.19. The molecule has 6 heteroatoms. The summed E-state index contributed by atoms with van der Waals surface area (Å²) in [5.74, 6) is -0.962. The Labute approximate surface area is 147 Å². The van der Waals surface area contributed by atoms with E-state index < -0.39 is 17.4 Å². The molecule has 0 unspecified atom stereocenters. The van der Waals surface area contributed by atoms with Crippen molar-refractivity contribution in [1.82, 2.24) is 4.90 Å². The number of fused-ring (bicyclic) bond motifs is 1. The maximum atomic E-state index is 12.3. The lowest BCUT2D eigenvalue weighted by Crippen LogP contribution is -2.40. The molecule has 1 fully saturated rings. The monoisotopic (exact) mass is 344 g/mol. The van der Waals surface area contributed by atoms with Crippen molar-refractivity contribution in [3.63, 3.8) is 0 Å². The summed E-state index contributed by atoms with van der Waals surface area (Å²) in [6.45, 7) is 2.42. The number of hydrogen-bond acceptors (Lipinski definition) is 4. The lowest BCUT2D eigenvalue weighted by Gasteiger charge is -2.26. The van der Waals surface area contributed by atoms with Gasteiger partial charge in [0.05, 0.1) is 12.6 Å². The molecule has 3 atom stereocenters. The SMILES string of the molecule is C[C@H](/C=C/CC(=O)N1CCC[C@H]1CO)[C@@]1(O)C(=O)Nc2ccccc21. The lowest BCUT2D eigenvalue weighted by atomic mass is 9.83. The maximum absolute atomic E-state index is 12.3. The molecule has 0 aromatic heterocycles. The van der Waals surface area contributed by atoms with Gasteiger partial charge in [0.1, 0.15) is 0 Å². The van der Waals surface area contributed by atoms with Gasteiger partial charge in [0.25, 0.3) is 5.91 Å². The molecule has 0 saturated carbocycles. The Bertz CT molecular complexity index is 702. The highest BCUT2D eigenvalue weighted by molar-refractivity contribution is 6.05. The third-order valence-electron chi connectivity index (χ3n) is 5.22. The Morgan fingerprint density at radius 3 is 3.00 bits per heavy atom. The van der Waals surface area contributed by atoms with Crippen molar-refractivity contribution < 1.29 is 19.8 Å². The van der Waals surface area contributed by atoms with E-state index in [-0.39, 0.29) is 25.0 Å². The molecule has 1 aromatic rings. The van der Waals surface area contributed by atoms with Crippen molar-refractivity contribution in [2.45, 2.75) is 37.8 Å². The third kappa shape index (κ3) is 3.07. The van der Waals surface area contributed by atoms with E-state index in [9.17, 15) is 19.8 Å². The first-order valence-corrected chi connectivity index (χ1v) is 8.68. The number of amides is 2. The second-order valence-electron chi connectivity index (χ2n) is 6.75. The molecule has 0 bridgehead atoms. The number of benzene rings is 1. The minimum atomic E-state index is -1.63. The number of aliphatic hydroxyl groups excluding tert-OH is 1. The number of aliphatic hydroxyl groups is 2. The topological polar surface area (TPSA) is 89.9 Å². The maximum Gasteiger partial charge on any atom is 0.261 e. The number of para-hydroxylation sites is 1. The molecular weight excluding hydrogens is 320 g/mol. The van der Waals surface area contributed by atoms with Crippen molar-refractivity contribution in [1.29, 1.82) is 0 Å². The minimum Gasteiger partial charge on any atom is -0.394 e. The van der Waals surface area contributed by atoms with E-state index in [1.165, 1.54) is 0 Å². The van der Waals surface area contributed by atoms with E-state index in [1.807, 2.05) is 0 Å².